The summed E-state index contributed by atoms with van der Waals surface area (Å²) in [6.07, 6.45) is 2.18. The lowest BCUT2D eigenvalue weighted by molar-refractivity contribution is 0.0860. The van der Waals surface area contributed by atoms with Gasteiger partial charge in [0.15, 0.2) is 0 Å². The van der Waals surface area contributed by atoms with Crippen molar-refractivity contribution in [1.29, 1.82) is 0 Å². The van der Waals surface area contributed by atoms with Crippen LogP contribution in [-0.4, -0.2) is 42.2 Å². The Morgan fingerprint density at radius 1 is 1.26 bits per heavy atom. The van der Waals surface area contributed by atoms with Crippen molar-refractivity contribution in [3.05, 3.63) is 46.1 Å². The van der Waals surface area contributed by atoms with Crippen molar-refractivity contribution >= 4 is 39.0 Å². The van der Waals surface area contributed by atoms with Crippen molar-refractivity contribution in [2.45, 2.75) is 52.6 Å². The number of nitrogens with one attached hydrogen (secondary N) is 1. The van der Waals surface area contributed by atoms with Gasteiger partial charge in [-0.15, -0.1) is 11.3 Å². The van der Waals surface area contributed by atoms with E-state index in [0.717, 1.165) is 46.7 Å². The molecule has 1 saturated heterocycles. The predicted octanol–water partition coefficient (Wildman–Crippen LogP) is 5.11. The number of carbonyl (C=O) groups excluding carboxylic acids is 1. The number of thiophene rings is 1. The molecule has 1 aliphatic rings. The van der Waals surface area contributed by atoms with E-state index in [1.165, 1.54) is 16.9 Å². The maximum Gasteiger partial charge on any atom is 0.261 e. The smallest absolute Gasteiger partial charge is 0.261 e. The van der Waals surface area contributed by atoms with Crippen LogP contribution in [0.25, 0.3) is 10.2 Å². The normalized spacial score (nSPS) is 16.3. The molecule has 0 radical (unpaired) electrons. The van der Waals surface area contributed by atoms with E-state index in [-0.39, 0.29) is 12.0 Å². The average Bonchev–Trinajstić information content (AvgIpc) is 3.39. The molecule has 1 aromatic carbocycles. The number of carbonyl (C=O) groups is 1. The van der Waals surface area contributed by atoms with Crippen LogP contribution in [0.1, 0.15) is 59.2 Å². The van der Waals surface area contributed by atoms with E-state index >= 15 is 0 Å². The molecule has 1 atom stereocenters. The Balaban J connectivity index is 1.66. The van der Waals surface area contributed by atoms with Crippen LogP contribution in [-0.2, 0) is 4.74 Å². The van der Waals surface area contributed by atoms with E-state index in [2.05, 4.69) is 53.3 Å². The summed E-state index contributed by atoms with van der Waals surface area (Å²) in [5.41, 5.74) is 3.28. The minimum Gasteiger partial charge on any atom is -0.376 e. The first kappa shape index (κ1) is 21.7. The minimum absolute atomic E-state index is 0.0662. The van der Waals surface area contributed by atoms with Gasteiger partial charge in [-0.3, -0.25) is 4.79 Å². The van der Waals surface area contributed by atoms with Gasteiger partial charge in [0.2, 0.25) is 0 Å². The number of ether oxygens (including phenoxy) is 1. The Morgan fingerprint density at radius 2 is 2.00 bits per heavy atom. The maximum absolute atomic E-state index is 12.9. The van der Waals surface area contributed by atoms with Crippen LogP contribution in [0.2, 0.25) is 0 Å². The van der Waals surface area contributed by atoms with Crippen LogP contribution >= 0.6 is 11.3 Å². The number of fused-ring (bicyclic) bond motifs is 1. The maximum atomic E-state index is 12.9. The largest absolute Gasteiger partial charge is 0.376 e. The zero-order valence-corrected chi connectivity index (χ0v) is 19.7. The molecule has 31 heavy (non-hydrogen) atoms. The number of aromatic nitrogens is 2. The third kappa shape index (κ3) is 4.43. The van der Waals surface area contributed by atoms with Gasteiger partial charge in [-0.25, -0.2) is 9.97 Å². The van der Waals surface area contributed by atoms with Gasteiger partial charge in [-0.05, 0) is 55.9 Å². The molecule has 1 unspecified atom stereocenters. The standard InChI is InChI=1S/C24H30N4O2S/c1-14(2)17-8-10-18(11-9-17)28(5)22-20-15(3)21(31-24(20)27-16(4)26-22)23(29)25-13-19-7-6-12-30-19/h8-11,14,19H,6-7,12-13H2,1-5H3,(H,25,29). The van der Waals surface area contributed by atoms with Gasteiger partial charge in [0.1, 0.15) is 16.5 Å². The Labute approximate surface area is 187 Å². The van der Waals surface area contributed by atoms with Crippen LogP contribution in [0.5, 0.6) is 0 Å². The summed E-state index contributed by atoms with van der Waals surface area (Å²) >= 11 is 1.43. The molecule has 2 aromatic heterocycles. The first-order valence-corrected chi connectivity index (χ1v) is 11.7. The highest BCUT2D eigenvalue weighted by Gasteiger charge is 2.23. The van der Waals surface area contributed by atoms with Crippen LogP contribution in [0, 0.1) is 13.8 Å². The fourth-order valence-electron chi connectivity index (χ4n) is 3.98. The van der Waals surface area contributed by atoms with E-state index in [0.29, 0.717) is 23.2 Å². The number of nitrogens with zero attached hydrogens (tertiary/aromatic N) is 3. The third-order valence-electron chi connectivity index (χ3n) is 5.87. The third-order valence-corrected chi connectivity index (χ3v) is 7.05. The molecule has 0 spiro atoms. The summed E-state index contributed by atoms with van der Waals surface area (Å²) in [6.45, 7) is 9.59. The summed E-state index contributed by atoms with van der Waals surface area (Å²) < 4.78 is 5.63. The van der Waals surface area contributed by atoms with Gasteiger partial charge >= 0.3 is 0 Å². The molecule has 0 saturated carbocycles. The van der Waals surface area contributed by atoms with Gasteiger partial charge in [0.25, 0.3) is 5.91 Å². The second-order valence-corrected chi connectivity index (χ2v) is 9.48. The molecule has 6 nitrogen and oxygen atoms in total. The Morgan fingerprint density at radius 3 is 2.65 bits per heavy atom. The molecule has 1 N–H and O–H groups in total. The monoisotopic (exact) mass is 438 g/mol. The van der Waals surface area contributed by atoms with Gasteiger partial charge in [0, 0.05) is 25.9 Å². The van der Waals surface area contributed by atoms with Gasteiger partial charge < -0.3 is 15.0 Å². The number of hydrogen-bond acceptors (Lipinski definition) is 6. The molecule has 0 aliphatic carbocycles. The molecule has 1 fully saturated rings. The van der Waals surface area contributed by atoms with E-state index in [1.54, 1.807) is 0 Å². The lowest BCUT2D eigenvalue weighted by atomic mass is 10.0. The zero-order valence-electron chi connectivity index (χ0n) is 18.9. The van der Waals surface area contributed by atoms with Crippen molar-refractivity contribution in [3.63, 3.8) is 0 Å². The zero-order chi connectivity index (χ0) is 22.1. The van der Waals surface area contributed by atoms with E-state index in [9.17, 15) is 4.79 Å². The second-order valence-electron chi connectivity index (χ2n) is 8.48. The molecule has 7 heteroatoms. The topological polar surface area (TPSA) is 67.4 Å². The van der Waals surface area contributed by atoms with Gasteiger partial charge in [-0.2, -0.15) is 0 Å². The second kappa shape index (κ2) is 8.93. The minimum atomic E-state index is -0.0662. The summed E-state index contributed by atoms with van der Waals surface area (Å²) in [4.78, 5) is 25.9. The number of hydrogen-bond donors (Lipinski definition) is 1. The molecule has 1 aliphatic heterocycles. The number of benzene rings is 1. The summed E-state index contributed by atoms with van der Waals surface area (Å²) in [5, 5.41) is 3.98. The van der Waals surface area contributed by atoms with Crippen LogP contribution in [0.15, 0.2) is 24.3 Å². The lowest BCUT2D eigenvalue weighted by Crippen LogP contribution is -2.31. The van der Waals surface area contributed by atoms with Crippen molar-refractivity contribution in [2.24, 2.45) is 0 Å². The number of aryl methyl sites for hydroxylation is 2. The van der Waals surface area contributed by atoms with Crippen LogP contribution < -0.4 is 10.2 Å². The average molecular weight is 439 g/mol. The first-order chi connectivity index (χ1) is 14.8. The van der Waals surface area contributed by atoms with Crippen molar-refractivity contribution < 1.29 is 9.53 Å². The van der Waals surface area contributed by atoms with Crippen molar-refractivity contribution in [1.82, 2.24) is 15.3 Å². The molecular weight excluding hydrogens is 408 g/mol. The Bertz CT molecular complexity index is 1090. The SMILES string of the molecule is Cc1nc(N(C)c2ccc(C(C)C)cc2)c2c(C)c(C(=O)NCC3CCCO3)sc2n1. The first-order valence-electron chi connectivity index (χ1n) is 10.9. The summed E-state index contributed by atoms with van der Waals surface area (Å²) in [6, 6.07) is 8.56. The Hall–Kier alpha value is -2.51. The number of rotatable bonds is 6. The fraction of sp³-hybridized carbons (Fsp3) is 0.458. The quantitative estimate of drug-likeness (QED) is 0.579. The number of anilines is 2. The van der Waals surface area contributed by atoms with Gasteiger partial charge in [-0.1, -0.05) is 26.0 Å². The molecule has 3 aromatic rings. The molecular formula is C24H30N4O2S. The highest BCUT2D eigenvalue weighted by atomic mass is 32.1. The van der Waals surface area contributed by atoms with E-state index < -0.39 is 0 Å². The van der Waals surface area contributed by atoms with Crippen molar-refractivity contribution in [2.75, 3.05) is 25.1 Å². The van der Waals surface area contributed by atoms with Crippen LogP contribution in [0.4, 0.5) is 11.5 Å². The summed E-state index contributed by atoms with van der Waals surface area (Å²) in [7, 11) is 2.01. The molecule has 0 bridgehead atoms. The summed E-state index contributed by atoms with van der Waals surface area (Å²) in [5.74, 6) is 1.94. The fourth-order valence-corrected chi connectivity index (χ4v) is 5.12. The van der Waals surface area contributed by atoms with Crippen LogP contribution in [0.3, 0.4) is 0 Å². The molecule has 1 amide bonds. The number of amides is 1. The van der Waals surface area contributed by atoms with Gasteiger partial charge in [0.05, 0.1) is 16.4 Å². The molecule has 164 valence electrons. The molecule has 4 rings (SSSR count). The Kier molecular flexibility index (Phi) is 6.25. The van der Waals surface area contributed by atoms with E-state index in [1.807, 2.05) is 20.9 Å². The predicted molar refractivity (Wildman–Crippen MR) is 127 cm³/mol. The highest BCUT2D eigenvalue weighted by molar-refractivity contribution is 7.20. The molecule has 3 heterocycles. The lowest BCUT2D eigenvalue weighted by Gasteiger charge is -2.20. The van der Waals surface area contributed by atoms with Crippen molar-refractivity contribution in [3.8, 4) is 0 Å². The van der Waals surface area contributed by atoms with E-state index in [4.69, 9.17) is 9.72 Å². The highest BCUT2D eigenvalue weighted by Crippen LogP contribution is 2.37.